The predicted octanol–water partition coefficient (Wildman–Crippen LogP) is 1.49. The molecule has 2 aromatic rings. The summed E-state index contributed by atoms with van der Waals surface area (Å²) in [7, 11) is 1.87. The Labute approximate surface area is 112 Å². The third kappa shape index (κ3) is 2.72. The number of nitrogens with zero attached hydrogens (tertiary/aromatic N) is 5. The molecule has 0 aromatic carbocycles. The Morgan fingerprint density at radius 2 is 2.05 bits per heavy atom. The lowest BCUT2D eigenvalue weighted by Crippen LogP contribution is -2.09. The van der Waals surface area contributed by atoms with E-state index in [2.05, 4.69) is 25.4 Å². The van der Waals surface area contributed by atoms with Crippen LogP contribution in [0.25, 0.3) is 0 Å². The molecule has 1 N–H and O–H groups in total. The van der Waals surface area contributed by atoms with Crippen molar-refractivity contribution in [3.63, 3.8) is 0 Å². The van der Waals surface area contributed by atoms with Crippen LogP contribution in [0.4, 0.5) is 5.82 Å². The zero-order valence-electron chi connectivity index (χ0n) is 11.1. The van der Waals surface area contributed by atoms with Gasteiger partial charge in [-0.3, -0.25) is 4.68 Å². The number of aryl methyl sites for hydroxylation is 2. The van der Waals surface area contributed by atoms with Gasteiger partial charge in [0.15, 0.2) is 5.82 Å². The van der Waals surface area contributed by atoms with E-state index in [-0.39, 0.29) is 0 Å². The smallest absolute Gasteiger partial charge is 0.169 e. The summed E-state index contributed by atoms with van der Waals surface area (Å²) in [5.74, 6) is 1.72. The summed E-state index contributed by atoms with van der Waals surface area (Å²) in [6.07, 6.45) is 9.21. The van der Waals surface area contributed by atoms with Gasteiger partial charge in [-0.25, -0.2) is 15.0 Å². The van der Waals surface area contributed by atoms with Crippen LogP contribution < -0.4 is 5.32 Å². The molecule has 0 bridgehead atoms. The molecule has 0 radical (unpaired) electrons. The summed E-state index contributed by atoms with van der Waals surface area (Å²) in [5, 5.41) is 7.60. The van der Waals surface area contributed by atoms with Crippen LogP contribution in [0.15, 0.2) is 12.7 Å². The lowest BCUT2D eigenvalue weighted by molar-refractivity contribution is 0.708. The Kier molecular flexibility index (Phi) is 3.39. The molecular weight excluding hydrogens is 240 g/mol. The molecule has 100 valence electrons. The Morgan fingerprint density at radius 3 is 2.89 bits per heavy atom. The van der Waals surface area contributed by atoms with Gasteiger partial charge in [-0.1, -0.05) is 6.42 Å². The number of hydrogen-bond acceptors (Lipinski definition) is 5. The summed E-state index contributed by atoms with van der Waals surface area (Å²) in [4.78, 5) is 13.0. The highest BCUT2D eigenvalue weighted by Crippen LogP contribution is 2.23. The van der Waals surface area contributed by atoms with Gasteiger partial charge in [-0.05, 0) is 25.7 Å². The second-order valence-electron chi connectivity index (χ2n) is 4.90. The van der Waals surface area contributed by atoms with Crippen LogP contribution >= 0.6 is 0 Å². The minimum Gasteiger partial charge on any atom is -0.362 e. The van der Waals surface area contributed by atoms with Crippen LogP contribution in [0.5, 0.6) is 0 Å². The number of rotatable bonds is 3. The minimum absolute atomic E-state index is 0.601. The van der Waals surface area contributed by atoms with Gasteiger partial charge in [0.2, 0.25) is 0 Å². The number of anilines is 1. The molecule has 0 fully saturated rings. The Bertz CT molecular complexity index is 562. The van der Waals surface area contributed by atoms with Crippen LogP contribution in [0.2, 0.25) is 0 Å². The van der Waals surface area contributed by atoms with E-state index in [4.69, 9.17) is 0 Å². The van der Waals surface area contributed by atoms with Gasteiger partial charge in [-0.15, -0.1) is 0 Å². The first-order valence-electron chi connectivity index (χ1n) is 6.74. The maximum absolute atomic E-state index is 4.41. The van der Waals surface area contributed by atoms with E-state index < -0.39 is 0 Å². The fourth-order valence-electron chi connectivity index (χ4n) is 2.48. The quantitative estimate of drug-likeness (QED) is 0.845. The van der Waals surface area contributed by atoms with Crippen molar-refractivity contribution in [3.8, 4) is 0 Å². The maximum atomic E-state index is 4.41. The largest absolute Gasteiger partial charge is 0.362 e. The molecule has 0 saturated carbocycles. The van der Waals surface area contributed by atoms with Crippen molar-refractivity contribution in [2.24, 2.45) is 7.05 Å². The van der Waals surface area contributed by atoms with Crippen molar-refractivity contribution < 1.29 is 0 Å². The molecule has 2 aromatic heterocycles. The first-order valence-corrected chi connectivity index (χ1v) is 6.74. The van der Waals surface area contributed by atoms with Crippen molar-refractivity contribution in [1.82, 2.24) is 24.7 Å². The summed E-state index contributed by atoms with van der Waals surface area (Å²) in [6, 6.07) is 0. The Balaban J connectivity index is 1.77. The lowest BCUT2D eigenvalue weighted by Gasteiger charge is -2.11. The number of hydrogen-bond donors (Lipinski definition) is 1. The van der Waals surface area contributed by atoms with E-state index >= 15 is 0 Å². The SMILES string of the molecule is Cn1cnc(CNc2ncnc3c2CCCCC3)n1. The Morgan fingerprint density at radius 1 is 1.16 bits per heavy atom. The zero-order valence-corrected chi connectivity index (χ0v) is 11.1. The molecule has 2 heterocycles. The highest BCUT2D eigenvalue weighted by atomic mass is 15.3. The van der Waals surface area contributed by atoms with Crippen molar-refractivity contribution in [3.05, 3.63) is 29.7 Å². The molecule has 0 aliphatic heterocycles. The van der Waals surface area contributed by atoms with Crippen LogP contribution in [-0.4, -0.2) is 24.7 Å². The number of nitrogens with one attached hydrogen (secondary N) is 1. The highest BCUT2D eigenvalue weighted by molar-refractivity contribution is 5.46. The van der Waals surface area contributed by atoms with Crippen LogP contribution in [0.3, 0.4) is 0 Å². The van der Waals surface area contributed by atoms with E-state index in [1.165, 1.54) is 30.5 Å². The Hall–Kier alpha value is -1.98. The van der Waals surface area contributed by atoms with Gasteiger partial charge in [0.1, 0.15) is 18.5 Å². The van der Waals surface area contributed by atoms with Crippen LogP contribution in [0, 0.1) is 0 Å². The van der Waals surface area contributed by atoms with E-state index in [9.17, 15) is 0 Å². The molecule has 0 amide bonds. The molecule has 0 saturated heterocycles. The van der Waals surface area contributed by atoms with Gasteiger partial charge >= 0.3 is 0 Å². The van der Waals surface area contributed by atoms with Gasteiger partial charge < -0.3 is 5.32 Å². The topological polar surface area (TPSA) is 68.5 Å². The number of aromatic nitrogens is 5. The fraction of sp³-hybridized carbons (Fsp3) is 0.538. The second kappa shape index (κ2) is 5.34. The average Bonchev–Trinajstić information content (AvgIpc) is 2.69. The first-order chi connectivity index (χ1) is 9.33. The first kappa shape index (κ1) is 12.1. The van der Waals surface area contributed by atoms with Crippen molar-refractivity contribution in [2.45, 2.75) is 38.6 Å². The van der Waals surface area contributed by atoms with Gasteiger partial charge in [0.05, 0.1) is 6.54 Å². The fourth-order valence-corrected chi connectivity index (χ4v) is 2.48. The predicted molar refractivity (Wildman–Crippen MR) is 71.6 cm³/mol. The maximum Gasteiger partial charge on any atom is 0.169 e. The van der Waals surface area contributed by atoms with E-state index in [0.717, 1.165) is 24.5 Å². The van der Waals surface area contributed by atoms with Crippen molar-refractivity contribution in [1.29, 1.82) is 0 Å². The molecule has 19 heavy (non-hydrogen) atoms. The molecule has 0 unspecified atom stereocenters. The summed E-state index contributed by atoms with van der Waals surface area (Å²) in [6.45, 7) is 0.601. The van der Waals surface area contributed by atoms with Crippen LogP contribution in [0.1, 0.15) is 36.3 Å². The van der Waals surface area contributed by atoms with Crippen molar-refractivity contribution in [2.75, 3.05) is 5.32 Å². The molecule has 0 spiro atoms. The molecular formula is C13H18N6. The monoisotopic (exact) mass is 258 g/mol. The van der Waals surface area contributed by atoms with Crippen molar-refractivity contribution >= 4 is 5.82 Å². The normalized spacial score (nSPS) is 14.8. The number of fused-ring (bicyclic) bond motifs is 1. The second-order valence-corrected chi connectivity index (χ2v) is 4.90. The summed E-state index contributed by atoms with van der Waals surface area (Å²) in [5.41, 5.74) is 2.47. The van der Waals surface area contributed by atoms with Crippen LogP contribution in [-0.2, 0) is 26.4 Å². The molecule has 1 aliphatic carbocycles. The third-order valence-corrected chi connectivity index (χ3v) is 3.44. The lowest BCUT2D eigenvalue weighted by atomic mass is 10.1. The standard InChI is InChI=1S/C13H18N6/c1-19-9-17-12(18-19)7-14-13-10-5-3-2-4-6-11(10)15-8-16-13/h8-9H,2-7H2,1H3,(H,14,15,16). The minimum atomic E-state index is 0.601. The van der Waals surface area contributed by atoms with E-state index in [1.807, 2.05) is 7.05 Å². The zero-order chi connectivity index (χ0) is 13.1. The molecule has 1 aliphatic rings. The van der Waals surface area contributed by atoms with Gasteiger partial charge in [-0.2, -0.15) is 5.10 Å². The molecule has 3 rings (SSSR count). The average molecular weight is 258 g/mol. The van der Waals surface area contributed by atoms with Gasteiger partial charge in [0.25, 0.3) is 0 Å². The van der Waals surface area contributed by atoms with Gasteiger partial charge in [0, 0.05) is 18.3 Å². The summed E-state index contributed by atoms with van der Waals surface area (Å²) >= 11 is 0. The third-order valence-electron chi connectivity index (χ3n) is 3.44. The summed E-state index contributed by atoms with van der Waals surface area (Å²) < 4.78 is 1.71. The van der Waals surface area contributed by atoms with E-state index in [0.29, 0.717) is 6.54 Å². The molecule has 6 nitrogen and oxygen atoms in total. The van der Waals surface area contributed by atoms with E-state index in [1.54, 1.807) is 17.3 Å². The highest BCUT2D eigenvalue weighted by Gasteiger charge is 2.14. The molecule has 6 heteroatoms. The molecule has 0 atom stereocenters.